The number of pyridine rings is 1. The molecule has 28 heavy (non-hydrogen) atoms. The van der Waals surface area contributed by atoms with Crippen molar-refractivity contribution in [3.8, 4) is 11.1 Å². The van der Waals surface area contributed by atoms with E-state index >= 15 is 0 Å². The van der Waals surface area contributed by atoms with E-state index in [1.54, 1.807) is 24.3 Å². The summed E-state index contributed by atoms with van der Waals surface area (Å²) in [5.74, 6) is -0.120. The number of carbonyl (C=O) groups is 1. The van der Waals surface area contributed by atoms with Crippen LogP contribution >= 0.6 is 0 Å². The van der Waals surface area contributed by atoms with Crippen LogP contribution in [0.3, 0.4) is 0 Å². The van der Waals surface area contributed by atoms with Crippen molar-refractivity contribution < 1.29 is 9.21 Å². The van der Waals surface area contributed by atoms with E-state index in [4.69, 9.17) is 4.42 Å². The molecule has 6 heteroatoms. The van der Waals surface area contributed by atoms with Crippen LogP contribution in [0.1, 0.15) is 10.6 Å². The van der Waals surface area contributed by atoms with Crippen LogP contribution in [0.2, 0.25) is 0 Å². The second-order valence-corrected chi connectivity index (χ2v) is 6.49. The zero-order chi connectivity index (χ0) is 19.1. The van der Waals surface area contributed by atoms with Crippen molar-refractivity contribution in [1.29, 1.82) is 0 Å². The molecular weight excluding hydrogens is 354 g/mol. The first kappa shape index (κ1) is 16.1. The fourth-order valence-electron chi connectivity index (χ4n) is 3.37. The highest BCUT2D eigenvalue weighted by Crippen LogP contribution is 2.28. The number of carbonyl (C=O) groups excluding carboxylic acids is 1. The van der Waals surface area contributed by atoms with Gasteiger partial charge in [-0.15, -0.1) is 0 Å². The van der Waals surface area contributed by atoms with E-state index in [1.807, 2.05) is 42.6 Å². The molecule has 5 aromatic rings. The van der Waals surface area contributed by atoms with Gasteiger partial charge in [-0.2, -0.15) is 0 Å². The summed E-state index contributed by atoms with van der Waals surface area (Å²) in [6.45, 7) is 0. The van der Waals surface area contributed by atoms with Crippen molar-refractivity contribution in [3.63, 3.8) is 0 Å². The van der Waals surface area contributed by atoms with E-state index in [0.717, 1.165) is 21.9 Å². The average molecular weight is 369 g/mol. The lowest BCUT2D eigenvalue weighted by molar-refractivity contribution is 0.0996. The number of benzene rings is 2. The molecule has 3 aromatic heterocycles. The molecule has 0 saturated heterocycles. The van der Waals surface area contributed by atoms with Crippen LogP contribution in [0.15, 0.2) is 82.3 Å². The zero-order valence-electron chi connectivity index (χ0n) is 14.7. The summed E-state index contributed by atoms with van der Waals surface area (Å²) in [7, 11) is 0. The van der Waals surface area contributed by atoms with Gasteiger partial charge in [-0.1, -0.05) is 24.3 Å². The molecule has 0 fully saturated rings. The topological polar surface area (TPSA) is 90.9 Å². The van der Waals surface area contributed by atoms with Crippen LogP contribution in [0.4, 0.5) is 5.69 Å². The van der Waals surface area contributed by atoms with Crippen molar-refractivity contribution >= 4 is 33.4 Å². The average Bonchev–Trinajstić information content (AvgIpc) is 3.38. The standard InChI is InChI=1S/C22H15N3O3/c26-21-16(17-12-23-18-5-2-1-4-15(17)18)10-13-7-8-14(11-19(13)25-21)24-22(27)20-6-3-9-28-20/h1-12,23H,(H,24,27)(H,25,26). The predicted molar refractivity (Wildman–Crippen MR) is 109 cm³/mol. The van der Waals surface area contributed by atoms with Crippen LogP contribution in [0.5, 0.6) is 0 Å². The predicted octanol–water partition coefficient (Wildman–Crippen LogP) is 4.52. The third kappa shape index (κ3) is 2.68. The number of fused-ring (bicyclic) bond motifs is 2. The molecule has 0 radical (unpaired) electrons. The fourth-order valence-corrected chi connectivity index (χ4v) is 3.37. The van der Waals surface area contributed by atoms with Gasteiger partial charge in [0.05, 0.1) is 11.8 Å². The van der Waals surface area contributed by atoms with Crippen molar-refractivity contribution in [2.75, 3.05) is 5.32 Å². The summed E-state index contributed by atoms with van der Waals surface area (Å²) < 4.78 is 5.09. The molecule has 2 aromatic carbocycles. The third-order valence-electron chi connectivity index (χ3n) is 4.73. The second-order valence-electron chi connectivity index (χ2n) is 6.49. The summed E-state index contributed by atoms with van der Waals surface area (Å²) in [6.07, 6.45) is 3.29. The molecular formula is C22H15N3O3. The Bertz CT molecular complexity index is 1380. The number of amides is 1. The Balaban J connectivity index is 1.55. The third-order valence-corrected chi connectivity index (χ3v) is 4.73. The SMILES string of the molecule is O=C(Nc1ccc2cc(-c3c[nH]c4ccccc34)c(=O)[nH]c2c1)c1ccco1. The number of rotatable bonds is 3. The van der Waals surface area contributed by atoms with E-state index in [9.17, 15) is 9.59 Å². The van der Waals surface area contributed by atoms with Crippen molar-refractivity contribution in [2.45, 2.75) is 0 Å². The van der Waals surface area contributed by atoms with E-state index in [-0.39, 0.29) is 17.2 Å². The molecule has 0 aliphatic carbocycles. The second kappa shape index (κ2) is 6.28. The Kier molecular flexibility index (Phi) is 3.62. The maximum atomic E-state index is 12.7. The van der Waals surface area contributed by atoms with Gasteiger partial charge in [-0.05, 0) is 41.8 Å². The van der Waals surface area contributed by atoms with Crippen molar-refractivity contribution in [3.05, 3.63) is 89.2 Å². The van der Waals surface area contributed by atoms with E-state index in [1.165, 1.54) is 6.26 Å². The molecule has 3 N–H and O–H groups in total. The summed E-state index contributed by atoms with van der Waals surface area (Å²) >= 11 is 0. The van der Waals surface area contributed by atoms with Gasteiger partial charge in [0.1, 0.15) is 0 Å². The molecule has 0 saturated carbocycles. The van der Waals surface area contributed by atoms with Gasteiger partial charge in [0, 0.05) is 33.9 Å². The number of hydrogen-bond acceptors (Lipinski definition) is 3. The minimum Gasteiger partial charge on any atom is -0.459 e. The Morgan fingerprint density at radius 2 is 1.82 bits per heavy atom. The maximum absolute atomic E-state index is 12.7. The Morgan fingerprint density at radius 1 is 0.929 bits per heavy atom. The van der Waals surface area contributed by atoms with Gasteiger partial charge in [0.25, 0.3) is 11.5 Å². The number of nitrogens with one attached hydrogen (secondary N) is 3. The smallest absolute Gasteiger partial charge is 0.291 e. The van der Waals surface area contributed by atoms with Crippen molar-refractivity contribution in [2.24, 2.45) is 0 Å². The molecule has 5 rings (SSSR count). The molecule has 0 aliphatic rings. The lowest BCUT2D eigenvalue weighted by Crippen LogP contribution is -2.12. The maximum Gasteiger partial charge on any atom is 0.291 e. The van der Waals surface area contributed by atoms with Gasteiger partial charge < -0.3 is 19.7 Å². The molecule has 136 valence electrons. The number of anilines is 1. The summed E-state index contributed by atoms with van der Waals surface area (Å²) in [6, 6.07) is 18.3. The van der Waals surface area contributed by atoms with Crippen molar-refractivity contribution in [1.82, 2.24) is 9.97 Å². The monoisotopic (exact) mass is 369 g/mol. The first-order valence-corrected chi connectivity index (χ1v) is 8.77. The van der Waals surface area contributed by atoms with E-state index in [0.29, 0.717) is 16.8 Å². The molecule has 0 bridgehead atoms. The normalized spacial score (nSPS) is 11.1. The summed E-state index contributed by atoms with van der Waals surface area (Å²) in [4.78, 5) is 31.0. The lowest BCUT2D eigenvalue weighted by atomic mass is 10.0. The van der Waals surface area contributed by atoms with Gasteiger partial charge in [0.15, 0.2) is 5.76 Å². The highest BCUT2D eigenvalue weighted by Gasteiger charge is 2.12. The number of hydrogen-bond donors (Lipinski definition) is 3. The molecule has 3 heterocycles. The molecule has 0 spiro atoms. The summed E-state index contributed by atoms with van der Waals surface area (Å²) in [5.41, 5.74) is 3.46. The highest BCUT2D eigenvalue weighted by molar-refractivity contribution is 6.03. The lowest BCUT2D eigenvalue weighted by Gasteiger charge is -2.07. The van der Waals surface area contributed by atoms with Crippen LogP contribution in [0.25, 0.3) is 32.9 Å². The molecule has 0 aliphatic heterocycles. The minimum atomic E-state index is -0.345. The molecule has 0 unspecified atom stereocenters. The Morgan fingerprint density at radius 3 is 2.68 bits per heavy atom. The largest absolute Gasteiger partial charge is 0.459 e. The molecule has 6 nitrogen and oxygen atoms in total. The van der Waals surface area contributed by atoms with Crippen LogP contribution in [-0.4, -0.2) is 15.9 Å². The van der Waals surface area contributed by atoms with Gasteiger partial charge in [-0.25, -0.2) is 0 Å². The first-order chi connectivity index (χ1) is 13.7. The number of para-hydroxylation sites is 1. The van der Waals surface area contributed by atoms with Crippen LogP contribution < -0.4 is 10.9 Å². The number of aromatic nitrogens is 2. The quantitative estimate of drug-likeness (QED) is 0.437. The highest BCUT2D eigenvalue weighted by atomic mass is 16.3. The van der Waals surface area contributed by atoms with Crippen LogP contribution in [-0.2, 0) is 0 Å². The van der Waals surface area contributed by atoms with E-state index < -0.39 is 0 Å². The van der Waals surface area contributed by atoms with Gasteiger partial charge >= 0.3 is 0 Å². The number of H-pyrrole nitrogens is 2. The van der Waals surface area contributed by atoms with Crippen LogP contribution in [0, 0.1) is 0 Å². The van der Waals surface area contributed by atoms with Gasteiger partial charge in [-0.3, -0.25) is 9.59 Å². The minimum absolute atomic E-state index is 0.188. The number of furan rings is 1. The number of aromatic amines is 2. The Labute approximate surface area is 158 Å². The fraction of sp³-hybridized carbons (Fsp3) is 0. The molecule has 0 atom stereocenters. The first-order valence-electron chi connectivity index (χ1n) is 8.77. The zero-order valence-corrected chi connectivity index (χ0v) is 14.7. The van der Waals surface area contributed by atoms with E-state index in [2.05, 4.69) is 15.3 Å². The molecule has 1 amide bonds. The van der Waals surface area contributed by atoms with Gasteiger partial charge in [0.2, 0.25) is 0 Å². The Hall–Kier alpha value is -4.06. The summed E-state index contributed by atoms with van der Waals surface area (Å²) in [5, 5.41) is 4.63.